The number of aromatic nitrogens is 2. The highest BCUT2D eigenvalue weighted by Crippen LogP contribution is 2.25. The van der Waals surface area contributed by atoms with Gasteiger partial charge in [-0.25, -0.2) is 4.98 Å². The van der Waals surface area contributed by atoms with Crippen molar-refractivity contribution >= 4 is 16.6 Å². The fourth-order valence-corrected chi connectivity index (χ4v) is 2.75. The number of para-hydroxylation sites is 2. The van der Waals surface area contributed by atoms with Gasteiger partial charge in [0.25, 0.3) is 0 Å². The summed E-state index contributed by atoms with van der Waals surface area (Å²) in [5.41, 5.74) is 2.69. The first-order valence-electron chi connectivity index (χ1n) is 6.98. The first-order chi connectivity index (χ1) is 9.79. The second-order valence-corrected chi connectivity index (χ2v) is 5.22. The molecular formula is C17H17N3. The molecular weight excluding hydrogens is 246 g/mol. The van der Waals surface area contributed by atoms with E-state index < -0.39 is 0 Å². The van der Waals surface area contributed by atoms with Crippen LogP contribution in [0.4, 0.5) is 0 Å². The van der Waals surface area contributed by atoms with E-state index in [0.717, 1.165) is 36.1 Å². The number of aryl methyl sites for hydroxylation is 1. The number of allylic oxidation sites excluding steroid dienone is 4. The zero-order chi connectivity index (χ0) is 13.9. The third kappa shape index (κ3) is 2.25. The molecule has 0 N–H and O–H groups in total. The first kappa shape index (κ1) is 12.7. The predicted molar refractivity (Wildman–Crippen MR) is 80.8 cm³/mol. The SMILES string of the molecule is Cn1c(C(C#N)=C[C@@H]2CC=CCC2)nc2ccccc21. The van der Waals surface area contributed by atoms with Gasteiger partial charge < -0.3 is 4.57 Å². The Balaban J connectivity index is 2.03. The van der Waals surface area contributed by atoms with Crippen LogP contribution in [-0.2, 0) is 7.05 Å². The van der Waals surface area contributed by atoms with Crippen LogP contribution >= 0.6 is 0 Å². The summed E-state index contributed by atoms with van der Waals surface area (Å²) >= 11 is 0. The lowest BCUT2D eigenvalue weighted by molar-refractivity contribution is 0.584. The Bertz CT molecular complexity index is 728. The van der Waals surface area contributed by atoms with Gasteiger partial charge in [-0.2, -0.15) is 5.26 Å². The van der Waals surface area contributed by atoms with Crippen LogP contribution in [0, 0.1) is 17.2 Å². The molecule has 0 radical (unpaired) electrons. The smallest absolute Gasteiger partial charge is 0.151 e. The number of hydrogen-bond donors (Lipinski definition) is 0. The van der Waals surface area contributed by atoms with Gasteiger partial charge in [0.1, 0.15) is 6.07 Å². The van der Waals surface area contributed by atoms with E-state index in [4.69, 9.17) is 0 Å². The number of rotatable bonds is 2. The monoisotopic (exact) mass is 263 g/mol. The van der Waals surface area contributed by atoms with Crippen LogP contribution in [0.25, 0.3) is 16.6 Å². The molecule has 2 aromatic rings. The lowest BCUT2D eigenvalue weighted by Crippen LogP contribution is -2.02. The topological polar surface area (TPSA) is 41.6 Å². The number of fused-ring (bicyclic) bond motifs is 1. The molecule has 100 valence electrons. The molecule has 1 heterocycles. The quantitative estimate of drug-likeness (QED) is 0.610. The Labute approximate surface area is 118 Å². The Morgan fingerprint density at radius 1 is 1.40 bits per heavy atom. The zero-order valence-corrected chi connectivity index (χ0v) is 11.6. The van der Waals surface area contributed by atoms with Crippen LogP contribution < -0.4 is 0 Å². The van der Waals surface area contributed by atoms with Crippen molar-refractivity contribution in [3.63, 3.8) is 0 Å². The van der Waals surface area contributed by atoms with Crippen LogP contribution in [0.5, 0.6) is 0 Å². The van der Waals surface area contributed by atoms with Crippen molar-refractivity contribution in [1.82, 2.24) is 9.55 Å². The minimum atomic E-state index is 0.453. The van der Waals surface area contributed by atoms with Gasteiger partial charge in [0.2, 0.25) is 0 Å². The summed E-state index contributed by atoms with van der Waals surface area (Å²) in [4.78, 5) is 4.60. The van der Waals surface area contributed by atoms with Crippen LogP contribution in [0.15, 0.2) is 42.5 Å². The molecule has 0 unspecified atom stereocenters. The summed E-state index contributed by atoms with van der Waals surface area (Å²) < 4.78 is 2.00. The fraction of sp³-hybridized carbons (Fsp3) is 0.294. The molecule has 3 nitrogen and oxygen atoms in total. The number of nitriles is 1. The summed E-state index contributed by atoms with van der Waals surface area (Å²) in [6, 6.07) is 10.3. The number of imidazole rings is 1. The van der Waals surface area contributed by atoms with Gasteiger partial charge in [-0.15, -0.1) is 0 Å². The summed E-state index contributed by atoms with van der Waals surface area (Å²) in [6.45, 7) is 0. The van der Waals surface area contributed by atoms with Gasteiger partial charge in [-0.1, -0.05) is 30.4 Å². The Kier molecular flexibility index (Phi) is 3.39. The Hall–Kier alpha value is -2.34. The van der Waals surface area contributed by atoms with E-state index in [1.54, 1.807) is 0 Å². The van der Waals surface area contributed by atoms with Crippen LogP contribution in [0.1, 0.15) is 25.1 Å². The number of hydrogen-bond acceptors (Lipinski definition) is 2. The molecule has 0 saturated heterocycles. The molecule has 20 heavy (non-hydrogen) atoms. The maximum absolute atomic E-state index is 9.47. The van der Waals surface area contributed by atoms with Gasteiger partial charge in [0, 0.05) is 7.05 Å². The van der Waals surface area contributed by atoms with Gasteiger partial charge in [-0.3, -0.25) is 0 Å². The minimum Gasteiger partial charge on any atom is -0.327 e. The number of benzene rings is 1. The standard InChI is InChI=1S/C17H17N3/c1-20-16-10-6-5-9-15(16)19-17(20)14(12-18)11-13-7-3-2-4-8-13/h2-3,5-6,9-11,13H,4,7-8H2,1H3/t13-/m1/s1. The summed E-state index contributed by atoms with van der Waals surface area (Å²) in [5, 5.41) is 9.47. The summed E-state index contributed by atoms with van der Waals surface area (Å²) in [5.74, 6) is 1.22. The molecule has 1 aliphatic rings. The van der Waals surface area contributed by atoms with Gasteiger partial charge >= 0.3 is 0 Å². The maximum atomic E-state index is 9.47. The molecule has 3 rings (SSSR count). The van der Waals surface area contributed by atoms with Crippen LogP contribution in [-0.4, -0.2) is 9.55 Å². The van der Waals surface area contributed by atoms with Crippen molar-refractivity contribution in [2.45, 2.75) is 19.3 Å². The van der Waals surface area contributed by atoms with Crippen molar-refractivity contribution in [3.05, 3.63) is 48.3 Å². The lowest BCUT2D eigenvalue weighted by Gasteiger charge is -2.13. The van der Waals surface area contributed by atoms with Crippen LogP contribution in [0.3, 0.4) is 0 Å². The first-order valence-corrected chi connectivity index (χ1v) is 6.98. The van der Waals surface area contributed by atoms with E-state index in [1.165, 1.54) is 0 Å². The van der Waals surface area contributed by atoms with Gasteiger partial charge in [-0.05, 0) is 37.3 Å². The van der Waals surface area contributed by atoms with Gasteiger partial charge in [0.05, 0.1) is 16.6 Å². The third-order valence-corrected chi connectivity index (χ3v) is 3.86. The average Bonchev–Trinajstić information content (AvgIpc) is 2.83. The van der Waals surface area contributed by atoms with Crippen molar-refractivity contribution in [2.75, 3.05) is 0 Å². The minimum absolute atomic E-state index is 0.453. The van der Waals surface area contributed by atoms with Crippen molar-refractivity contribution in [2.24, 2.45) is 13.0 Å². The van der Waals surface area contributed by atoms with E-state index >= 15 is 0 Å². The average molecular weight is 263 g/mol. The molecule has 1 aromatic carbocycles. The van der Waals surface area contributed by atoms with E-state index in [2.05, 4.69) is 29.3 Å². The molecule has 0 saturated carbocycles. The zero-order valence-electron chi connectivity index (χ0n) is 11.6. The molecule has 3 heteroatoms. The van der Waals surface area contributed by atoms with E-state index in [0.29, 0.717) is 11.5 Å². The lowest BCUT2D eigenvalue weighted by atomic mass is 9.92. The van der Waals surface area contributed by atoms with E-state index in [-0.39, 0.29) is 0 Å². The Morgan fingerprint density at radius 3 is 2.95 bits per heavy atom. The van der Waals surface area contributed by atoms with Crippen molar-refractivity contribution in [1.29, 1.82) is 5.26 Å². The predicted octanol–water partition coefficient (Wildman–Crippen LogP) is 3.84. The van der Waals surface area contributed by atoms with Crippen LogP contribution in [0.2, 0.25) is 0 Å². The molecule has 1 aliphatic carbocycles. The molecule has 0 aliphatic heterocycles. The largest absolute Gasteiger partial charge is 0.327 e. The second-order valence-electron chi connectivity index (χ2n) is 5.22. The normalized spacial score (nSPS) is 19.2. The molecule has 1 atom stereocenters. The number of nitrogens with zero attached hydrogens (tertiary/aromatic N) is 3. The highest BCUT2D eigenvalue weighted by molar-refractivity contribution is 5.83. The molecule has 1 aromatic heterocycles. The Morgan fingerprint density at radius 2 is 2.25 bits per heavy atom. The molecule has 0 bridgehead atoms. The molecule has 0 fully saturated rings. The molecule has 0 amide bonds. The third-order valence-electron chi connectivity index (χ3n) is 3.86. The summed E-state index contributed by atoms with van der Waals surface area (Å²) in [6.07, 6.45) is 9.74. The maximum Gasteiger partial charge on any atom is 0.151 e. The van der Waals surface area contributed by atoms with Gasteiger partial charge in [0.15, 0.2) is 5.82 Å². The van der Waals surface area contributed by atoms with Crippen molar-refractivity contribution in [3.8, 4) is 6.07 Å². The summed E-state index contributed by atoms with van der Waals surface area (Å²) in [7, 11) is 1.97. The highest BCUT2D eigenvalue weighted by Gasteiger charge is 2.14. The van der Waals surface area contributed by atoms with Crippen molar-refractivity contribution < 1.29 is 0 Å². The fourth-order valence-electron chi connectivity index (χ4n) is 2.75. The molecule has 0 spiro atoms. The highest BCUT2D eigenvalue weighted by atomic mass is 15.1. The van der Waals surface area contributed by atoms with E-state index in [9.17, 15) is 5.26 Å². The second kappa shape index (κ2) is 5.34. The van der Waals surface area contributed by atoms with E-state index in [1.807, 2.05) is 35.9 Å².